The zero-order valence-corrected chi connectivity index (χ0v) is 19.8. The highest BCUT2D eigenvalue weighted by Crippen LogP contribution is 2.35. The summed E-state index contributed by atoms with van der Waals surface area (Å²) in [5.41, 5.74) is 3.27. The Morgan fingerprint density at radius 2 is 1.88 bits per heavy atom. The van der Waals surface area contributed by atoms with Crippen LogP contribution in [0.4, 0.5) is 4.39 Å². The first-order valence-electron chi connectivity index (χ1n) is 10.2. The summed E-state index contributed by atoms with van der Waals surface area (Å²) in [7, 11) is 0. The molecule has 0 amide bonds. The van der Waals surface area contributed by atoms with E-state index in [1.54, 1.807) is 12.1 Å². The van der Waals surface area contributed by atoms with Crippen LogP contribution in [0, 0.1) is 5.82 Å². The van der Waals surface area contributed by atoms with E-state index < -0.39 is 5.82 Å². The Morgan fingerprint density at radius 1 is 1.06 bits per heavy atom. The topological polar surface area (TPSA) is 59.2 Å². The molecule has 0 aliphatic carbocycles. The Kier molecular flexibility index (Phi) is 7.29. The van der Waals surface area contributed by atoms with Gasteiger partial charge in [-0.3, -0.25) is 0 Å². The van der Waals surface area contributed by atoms with Crippen LogP contribution in [-0.2, 0) is 19.7 Å². The fraction of sp³-hybridized carbons (Fsp3) is 0.208. The van der Waals surface area contributed by atoms with Crippen LogP contribution in [-0.4, -0.2) is 16.6 Å². The fourth-order valence-electron chi connectivity index (χ4n) is 3.32. The second-order valence-corrected chi connectivity index (χ2v) is 8.38. The number of hydrogen-bond donors (Lipinski definition) is 2. The van der Waals surface area contributed by atoms with Crippen LogP contribution in [0.25, 0.3) is 11.0 Å². The first-order chi connectivity index (χ1) is 15.5. The summed E-state index contributed by atoms with van der Waals surface area (Å²) in [5.74, 6) is 1.57. The van der Waals surface area contributed by atoms with Crippen LogP contribution in [0.3, 0.4) is 0 Å². The summed E-state index contributed by atoms with van der Waals surface area (Å²) in [6, 6.07) is 16.2. The summed E-state index contributed by atoms with van der Waals surface area (Å²) < 4.78 is 26.6. The number of H-pyrrole nitrogens is 1. The number of aromatic nitrogens is 2. The number of ether oxygens (including phenoxy) is 2. The van der Waals surface area contributed by atoms with Gasteiger partial charge in [-0.1, -0.05) is 45.7 Å². The molecule has 0 atom stereocenters. The van der Waals surface area contributed by atoms with Gasteiger partial charge in [-0.15, -0.1) is 0 Å². The summed E-state index contributed by atoms with van der Waals surface area (Å²) in [6.07, 6.45) is 0. The maximum absolute atomic E-state index is 14.1. The normalized spacial score (nSPS) is 11.1. The molecule has 0 saturated carbocycles. The number of nitrogens with one attached hydrogen (secondary N) is 2. The minimum Gasteiger partial charge on any atom is -0.490 e. The molecule has 2 N–H and O–H groups in total. The van der Waals surface area contributed by atoms with E-state index in [2.05, 4.69) is 31.2 Å². The maximum Gasteiger partial charge on any atom is 0.162 e. The lowest BCUT2D eigenvalue weighted by atomic mass is 10.2. The summed E-state index contributed by atoms with van der Waals surface area (Å²) in [4.78, 5) is 7.89. The van der Waals surface area contributed by atoms with Gasteiger partial charge in [0.1, 0.15) is 18.2 Å². The molecule has 0 aliphatic heterocycles. The van der Waals surface area contributed by atoms with Crippen LogP contribution in [0.15, 0.2) is 59.1 Å². The van der Waals surface area contributed by atoms with E-state index in [-0.39, 0.29) is 6.61 Å². The number of imidazole rings is 1. The Hall–Kier alpha value is -2.61. The van der Waals surface area contributed by atoms with Crippen LogP contribution >= 0.6 is 27.5 Å². The quantitative estimate of drug-likeness (QED) is 0.270. The molecule has 3 aromatic carbocycles. The Morgan fingerprint density at radius 3 is 2.66 bits per heavy atom. The minimum atomic E-state index is -0.402. The number of aromatic amines is 1. The number of hydrogen-bond acceptors (Lipinski definition) is 4. The zero-order chi connectivity index (χ0) is 22.5. The molecule has 8 heteroatoms. The number of nitrogens with zero attached hydrogens (tertiary/aromatic N) is 1. The monoisotopic (exact) mass is 517 g/mol. The first kappa shape index (κ1) is 22.6. The van der Waals surface area contributed by atoms with Crippen molar-refractivity contribution in [1.82, 2.24) is 15.3 Å². The van der Waals surface area contributed by atoms with Crippen LogP contribution in [0.1, 0.15) is 23.9 Å². The van der Waals surface area contributed by atoms with Crippen molar-refractivity contribution in [2.45, 2.75) is 26.6 Å². The summed E-state index contributed by atoms with van der Waals surface area (Å²) in [6.45, 7) is 3.57. The molecule has 5 nitrogen and oxygen atoms in total. The molecule has 1 heterocycles. The maximum atomic E-state index is 14.1. The number of rotatable bonds is 9. The molecule has 4 rings (SSSR count). The molecule has 0 fully saturated rings. The highest BCUT2D eigenvalue weighted by atomic mass is 79.9. The Labute approximate surface area is 199 Å². The lowest BCUT2D eigenvalue weighted by Gasteiger charge is -2.16. The first-order valence-corrected chi connectivity index (χ1v) is 11.4. The third kappa shape index (κ3) is 5.23. The van der Waals surface area contributed by atoms with Gasteiger partial charge in [0.05, 0.1) is 29.2 Å². The van der Waals surface area contributed by atoms with E-state index in [4.69, 9.17) is 21.1 Å². The molecule has 0 bridgehead atoms. The number of halogens is 3. The smallest absolute Gasteiger partial charge is 0.162 e. The third-order valence-corrected chi connectivity index (χ3v) is 5.98. The average molecular weight is 519 g/mol. The van der Waals surface area contributed by atoms with Crippen molar-refractivity contribution in [3.8, 4) is 11.5 Å². The molecular formula is C24H22BrClFN3O2. The number of benzene rings is 3. The highest BCUT2D eigenvalue weighted by Gasteiger charge is 2.14. The predicted molar refractivity (Wildman–Crippen MR) is 128 cm³/mol. The van der Waals surface area contributed by atoms with Gasteiger partial charge < -0.3 is 19.8 Å². The molecule has 166 valence electrons. The second kappa shape index (κ2) is 10.3. The average Bonchev–Trinajstić information content (AvgIpc) is 3.19. The Balaban J connectivity index is 1.45. The van der Waals surface area contributed by atoms with Crippen molar-refractivity contribution in [2.24, 2.45) is 0 Å². The van der Waals surface area contributed by atoms with Crippen molar-refractivity contribution >= 4 is 38.6 Å². The van der Waals surface area contributed by atoms with E-state index in [0.29, 0.717) is 41.8 Å². The van der Waals surface area contributed by atoms with Gasteiger partial charge in [0, 0.05) is 16.6 Å². The van der Waals surface area contributed by atoms with E-state index in [1.165, 1.54) is 6.07 Å². The predicted octanol–water partition coefficient (Wildman–Crippen LogP) is 6.39. The minimum absolute atomic E-state index is 0.00166. The molecule has 4 aromatic rings. The lowest BCUT2D eigenvalue weighted by Crippen LogP contribution is -2.14. The number of fused-ring (bicyclic) bond motifs is 1. The van der Waals surface area contributed by atoms with E-state index in [9.17, 15) is 4.39 Å². The van der Waals surface area contributed by atoms with Crippen LogP contribution in [0.2, 0.25) is 5.02 Å². The van der Waals surface area contributed by atoms with Crippen LogP contribution in [0.5, 0.6) is 11.5 Å². The van der Waals surface area contributed by atoms with Crippen molar-refractivity contribution in [1.29, 1.82) is 0 Å². The van der Waals surface area contributed by atoms with Gasteiger partial charge in [-0.25, -0.2) is 9.37 Å². The molecule has 32 heavy (non-hydrogen) atoms. The fourth-order valence-corrected chi connectivity index (χ4v) is 4.00. The van der Waals surface area contributed by atoms with E-state index >= 15 is 0 Å². The van der Waals surface area contributed by atoms with Gasteiger partial charge in [-0.2, -0.15) is 0 Å². The van der Waals surface area contributed by atoms with Gasteiger partial charge in [0.25, 0.3) is 0 Å². The van der Waals surface area contributed by atoms with Gasteiger partial charge in [-0.05, 0) is 48.9 Å². The molecule has 0 saturated heterocycles. The standard InChI is InChI=1S/C24H22BrClFN3O2/c1-2-31-22-10-15(12-28-13-24-29-20-8-3-4-9-21(20)30-24)17(25)11-23(22)32-14-16-18(26)6-5-7-19(16)27/h3-11,28H,2,12-14H2,1H3,(H,29,30). The van der Waals surface area contributed by atoms with Gasteiger partial charge >= 0.3 is 0 Å². The number of para-hydroxylation sites is 2. The molecular weight excluding hydrogens is 497 g/mol. The summed E-state index contributed by atoms with van der Waals surface area (Å²) in [5, 5.41) is 3.72. The van der Waals surface area contributed by atoms with E-state index in [0.717, 1.165) is 26.9 Å². The van der Waals surface area contributed by atoms with Crippen LogP contribution < -0.4 is 14.8 Å². The van der Waals surface area contributed by atoms with E-state index in [1.807, 2.05) is 43.3 Å². The zero-order valence-electron chi connectivity index (χ0n) is 17.4. The van der Waals surface area contributed by atoms with Crippen molar-refractivity contribution in [3.05, 3.63) is 86.9 Å². The molecule has 0 spiro atoms. The Bertz CT molecular complexity index is 1180. The molecule has 0 radical (unpaired) electrons. The SMILES string of the molecule is CCOc1cc(CNCc2nc3ccccc3[nH]2)c(Br)cc1OCc1c(F)cccc1Cl. The lowest BCUT2D eigenvalue weighted by molar-refractivity contribution is 0.265. The third-order valence-electron chi connectivity index (χ3n) is 4.89. The van der Waals surface area contributed by atoms with Gasteiger partial charge in [0.2, 0.25) is 0 Å². The van der Waals surface area contributed by atoms with Crippen molar-refractivity contribution in [3.63, 3.8) is 0 Å². The van der Waals surface area contributed by atoms with Crippen molar-refractivity contribution in [2.75, 3.05) is 6.61 Å². The summed E-state index contributed by atoms with van der Waals surface area (Å²) >= 11 is 9.71. The largest absolute Gasteiger partial charge is 0.490 e. The highest BCUT2D eigenvalue weighted by molar-refractivity contribution is 9.10. The molecule has 0 unspecified atom stereocenters. The second-order valence-electron chi connectivity index (χ2n) is 7.12. The van der Waals surface area contributed by atoms with Crippen molar-refractivity contribution < 1.29 is 13.9 Å². The molecule has 0 aliphatic rings. The molecule has 1 aromatic heterocycles. The van der Waals surface area contributed by atoms with Gasteiger partial charge in [0.15, 0.2) is 11.5 Å².